The number of anilines is 1. The van der Waals surface area contributed by atoms with Crippen molar-refractivity contribution in [3.05, 3.63) is 15.8 Å². The number of rotatable bonds is 5. The maximum Gasteiger partial charge on any atom is 0.389 e. The number of nitrogen functional groups attached to an aromatic ring is 1. The molecule has 0 aliphatic rings. The molecule has 1 atom stereocenters. The number of hydrogen-bond acceptors (Lipinski definition) is 4. The molecule has 0 spiro atoms. The quantitative estimate of drug-likeness (QED) is 0.663. The second-order valence-electron chi connectivity index (χ2n) is 4.38. The minimum Gasteiger partial charge on any atom is -0.378 e. The summed E-state index contributed by atoms with van der Waals surface area (Å²) in [5.74, 6) is -0.123. The standard InChI is InChI=1S/C10H15F3N4O2/c1-6(4-3-5-10(11,12)13)16-9(14)8(17(18)19)7(2)15-16/h6H,3-5,14H2,1-2H3. The average Bonchev–Trinajstić information content (AvgIpc) is 2.52. The van der Waals surface area contributed by atoms with Gasteiger partial charge in [0.2, 0.25) is 5.82 Å². The van der Waals surface area contributed by atoms with Crippen LogP contribution in [0.3, 0.4) is 0 Å². The van der Waals surface area contributed by atoms with Crippen molar-refractivity contribution in [2.75, 3.05) is 5.73 Å². The molecule has 108 valence electrons. The Bertz CT molecular complexity index is 470. The molecule has 0 amide bonds. The number of alkyl halides is 3. The van der Waals surface area contributed by atoms with Crippen molar-refractivity contribution in [1.82, 2.24) is 9.78 Å². The van der Waals surface area contributed by atoms with Gasteiger partial charge in [-0.05, 0) is 26.7 Å². The van der Waals surface area contributed by atoms with E-state index in [0.29, 0.717) is 0 Å². The Morgan fingerprint density at radius 2 is 2.11 bits per heavy atom. The van der Waals surface area contributed by atoms with Gasteiger partial charge >= 0.3 is 11.9 Å². The Morgan fingerprint density at radius 1 is 1.53 bits per heavy atom. The van der Waals surface area contributed by atoms with Gasteiger partial charge in [-0.2, -0.15) is 18.3 Å². The van der Waals surface area contributed by atoms with Gasteiger partial charge in [0.15, 0.2) is 0 Å². The zero-order valence-corrected chi connectivity index (χ0v) is 10.6. The maximum absolute atomic E-state index is 12.0. The van der Waals surface area contributed by atoms with Crippen molar-refractivity contribution in [3.8, 4) is 0 Å². The molecule has 1 aromatic heterocycles. The van der Waals surface area contributed by atoms with Crippen molar-refractivity contribution in [2.24, 2.45) is 0 Å². The lowest BCUT2D eigenvalue weighted by Crippen LogP contribution is -2.13. The highest BCUT2D eigenvalue weighted by Gasteiger charge is 2.28. The Morgan fingerprint density at radius 3 is 2.53 bits per heavy atom. The van der Waals surface area contributed by atoms with Crippen molar-refractivity contribution < 1.29 is 18.1 Å². The smallest absolute Gasteiger partial charge is 0.378 e. The molecule has 9 heteroatoms. The summed E-state index contributed by atoms with van der Waals surface area (Å²) in [7, 11) is 0. The molecule has 19 heavy (non-hydrogen) atoms. The first kappa shape index (κ1) is 15.3. The summed E-state index contributed by atoms with van der Waals surface area (Å²) in [6, 6.07) is -0.422. The third kappa shape index (κ3) is 3.83. The van der Waals surface area contributed by atoms with Crippen LogP contribution in [0.25, 0.3) is 0 Å². The van der Waals surface area contributed by atoms with Crippen LogP contribution in [-0.2, 0) is 0 Å². The van der Waals surface area contributed by atoms with Gasteiger partial charge in [-0.15, -0.1) is 0 Å². The predicted molar refractivity (Wildman–Crippen MR) is 62.6 cm³/mol. The van der Waals surface area contributed by atoms with Gasteiger partial charge in [-0.1, -0.05) is 0 Å². The van der Waals surface area contributed by atoms with Gasteiger partial charge in [0.25, 0.3) is 0 Å². The second kappa shape index (κ2) is 5.45. The Kier molecular flexibility index (Phi) is 4.38. The molecular weight excluding hydrogens is 265 g/mol. The van der Waals surface area contributed by atoms with Crippen molar-refractivity contribution in [3.63, 3.8) is 0 Å². The van der Waals surface area contributed by atoms with Crippen molar-refractivity contribution in [1.29, 1.82) is 0 Å². The molecular formula is C10H15F3N4O2. The SMILES string of the molecule is Cc1nn(C(C)CCCC(F)(F)F)c(N)c1[N+](=O)[O-]. The number of aromatic nitrogens is 2. The molecule has 0 bridgehead atoms. The van der Waals surface area contributed by atoms with E-state index in [1.54, 1.807) is 6.92 Å². The fraction of sp³-hybridized carbons (Fsp3) is 0.700. The first-order valence-electron chi connectivity index (χ1n) is 5.69. The lowest BCUT2D eigenvalue weighted by atomic mass is 10.1. The largest absolute Gasteiger partial charge is 0.389 e. The van der Waals surface area contributed by atoms with Crippen LogP contribution in [0.5, 0.6) is 0 Å². The van der Waals surface area contributed by atoms with E-state index in [0.717, 1.165) is 0 Å². The number of nitro groups is 1. The average molecular weight is 280 g/mol. The van der Waals surface area contributed by atoms with Crippen LogP contribution in [0.2, 0.25) is 0 Å². The molecule has 6 nitrogen and oxygen atoms in total. The normalized spacial score (nSPS) is 13.5. The maximum atomic E-state index is 12.0. The van der Waals surface area contributed by atoms with E-state index in [2.05, 4.69) is 5.10 Å². The zero-order chi connectivity index (χ0) is 14.8. The predicted octanol–water partition coefficient (Wildman–Crippen LogP) is 2.98. The number of halogens is 3. The summed E-state index contributed by atoms with van der Waals surface area (Å²) < 4.78 is 37.3. The molecule has 1 rings (SSSR count). The summed E-state index contributed by atoms with van der Waals surface area (Å²) in [6.07, 6.45) is -4.96. The first-order chi connectivity index (χ1) is 8.63. The van der Waals surface area contributed by atoms with Crippen LogP contribution in [0.15, 0.2) is 0 Å². The number of nitrogens with two attached hydrogens (primary N) is 1. The van der Waals surface area contributed by atoms with Crippen LogP contribution >= 0.6 is 0 Å². The molecule has 0 aliphatic heterocycles. The summed E-state index contributed by atoms with van der Waals surface area (Å²) in [5.41, 5.74) is 5.47. The molecule has 0 aromatic carbocycles. The van der Waals surface area contributed by atoms with Crippen LogP contribution < -0.4 is 5.73 Å². The van der Waals surface area contributed by atoms with Crippen LogP contribution in [-0.4, -0.2) is 20.9 Å². The molecule has 1 heterocycles. The van der Waals surface area contributed by atoms with Crippen LogP contribution in [0, 0.1) is 17.0 Å². The molecule has 0 aliphatic carbocycles. The van der Waals surface area contributed by atoms with Gasteiger partial charge in [-0.25, -0.2) is 4.68 Å². The molecule has 2 N–H and O–H groups in total. The summed E-state index contributed by atoms with van der Waals surface area (Å²) in [5, 5.41) is 14.7. The Balaban J connectivity index is 2.75. The lowest BCUT2D eigenvalue weighted by Gasteiger charge is -2.13. The Labute approximate surface area is 107 Å². The molecule has 0 saturated carbocycles. The van der Waals surface area contributed by atoms with E-state index in [9.17, 15) is 23.3 Å². The van der Waals surface area contributed by atoms with Gasteiger partial charge in [0.1, 0.15) is 5.69 Å². The Hall–Kier alpha value is -1.80. The molecule has 0 saturated heterocycles. The van der Waals surface area contributed by atoms with Gasteiger partial charge < -0.3 is 5.73 Å². The van der Waals surface area contributed by atoms with Crippen LogP contribution in [0.1, 0.15) is 37.9 Å². The van der Waals surface area contributed by atoms with E-state index in [1.165, 1.54) is 11.6 Å². The van der Waals surface area contributed by atoms with Gasteiger partial charge in [0, 0.05) is 6.42 Å². The number of aryl methyl sites for hydroxylation is 1. The molecule has 1 unspecified atom stereocenters. The highest BCUT2D eigenvalue weighted by Crippen LogP contribution is 2.30. The highest BCUT2D eigenvalue weighted by atomic mass is 19.4. The van der Waals surface area contributed by atoms with Gasteiger partial charge in [-0.3, -0.25) is 10.1 Å². The minimum absolute atomic E-state index is 0.0726. The summed E-state index contributed by atoms with van der Waals surface area (Å²) in [4.78, 5) is 10.1. The zero-order valence-electron chi connectivity index (χ0n) is 10.6. The minimum atomic E-state index is -4.20. The van der Waals surface area contributed by atoms with E-state index in [-0.39, 0.29) is 30.0 Å². The molecule has 0 fully saturated rings. The van der Waals surface area contributed by atoms with E-state index in [1.807, 2.05) is 0 Å². The highest BCUT2D eigenvalue weighted by molar-refractivity contribution is 5.56. The monoisotopic (exact) mass is 280 g/mol. The van der Waals surface area contributed by atoms with Gasteiger partial charge in [0.05, 0.1) is 11.0 Å². The number of nitrogens with zero attached hydrogens (tertiary/aromatic N) is 3. The fourth-order valence-corrected chi connectivity index (χ4v) is 1.84. The third-order valence-corrected chi connectivity index (χ3v) is 2.77. The van der Waals surface area contributed by atoms with Crippen molar-refractivity contribution in [2.45, 2.75) is 45.3 Å². The van der Waals surface area contributed by atoms with E-state index < -0.39 is 23.6 Å². The van der Waals surface area contributed by atoms with Crippen LogP contribution in [0.4, 0.5) is 24.7 Å². The second-order valence-corrected chi connectivity index (χ2v) is 4.38. The van der Waals surface area contributed by atoms with E-state index >= 15 is 0 Å². The fourth-order valence-electron chi connectivity index (χ4n) is 1.84. The van der Waals surface area contributed by atoms with E-state index in [4.69, 9.17) is 5.73 Å². The third-order valence-electron chi connectivity index (χ3n) is 2.77. The molecule has 1 aromatic rings. The van der Waals surface area contributed by atoms with Crippen molar-refractivity contribution >= 4 is 11.5 Å². The molecule has 0 radical (unpaired) electrons. The first-order valence-corrected chi connectivity index (χ1v) is 5.69. The lowest BCUT2D eigenvalue weighted by molar-refractivity contribution is -0.384. The number of hydrogen-bond donors (Lipinski definition) is 1. The summed E-state index contributed by atoms with van der Waals surface area (Å²) in [6.45, 7) is 3.07. The topological polar surface area (TPSA) is 87.0 Å². The summed E-state index contributed by atoms with van der Waals surface area (Å²) >= 11 is 0.